The first kappa shape index (κ1) is 24.8. The van der Waals surface area contributed by atoms with Gasteiger partial charge in [-0.3, -0.25) is 25.0 Å². The van der Waals surface area contributed by atoms with E-state index in [9.17, 15) is 8.78 Å². The van der Waals surface area contributed by atoms with E-state index in [4.69, 9.17) is 0 Å². The number of halogens is 2. The van der Waals surface area contributed by atoms with Crippen molar-refractivity contribution in [3.8, 4) is 22.6 Å². The van der Waals surface area contributed by atoms with Crippen LogP contribution in [0.3, 0.4) is 0 Å². The molecule has 0 atom stereocenters. The highest BCUT2D eigenvalue weighted by Crippen LogP contribution is 2.29. The van der Waals surface area contributed by atoms with Crippen molar-refractivity contribution in [2.75, 3.05) is 13.1 Å². The van der Waals surface area contributed by atoms with E-state index in [1.54, 1.807) is 35.9 Å². The fourth-order valence-electron chi connectivity index (χ4n) is 4.95. The van der Waals surface area contributed by atoms with Gasteiger partial charge in [0, 0.05) is 72.2 Å². The highest BCUT2D eigenvalue weighted by atomic mass is 19.3. The second kappa shape index (κ2) is 9.99. The predicted octanol–water partition coefficient (Wildman–Crippen LogP) is 4.55. The third-order valence-corrected chi connectivity index (χ3v) is 7.06. The molecule has 0 aromatic carbocycles. The predicted molar refractivity (Wildman–Crippen MR) is 149 cm³/mol. The lowest BCUT2D eigenvalue weighted by atomic mass is 10.1. The molecule has 0 radical (unpaired) electrons. The number of nitrogens with one attached hydrogen (secondary N) is 2. The Kier molecular flexibility index (Phi) is 6.36. The molecule has 0 unspecified atom stereocenters. The molecule has 1 aliphatic rings. The summed E-state index contributed by atoms with van der Waals surface area (Å²) in [5.74, 6) is -2.60. The molecule has 6 rings (SSSR count). The maximum absolute atomic E-state index is 13.6. The molecule has 5 aromatic heterocycles. The Morgan fingerprint density at radius 3 is 2.74 bits per heavy atom. The largest absolute Gasteiger partial charge is 0.353 e. The Morgan fingerprint density at radius 2 is 1.95 bits per heavy atom. The van der Waals surface area contributed by atoms with Gasteiger partial charge < -0.3 is 4.98 Å². The number of pyridine rings is 3. The van der Waals surface area contributed by atoms with Crippen LogP contribution in [0, 0.1) is 0 Å². The van der Waals surface area contributed by atoms with E-state index in [1.165, 1.54) is 0 Å². The van der Waals surface area contributed by atoms with Crippen molar-refractivity contribution in [3.63, 3.8) is 0 Å². The molecule has 9 heteroatoms. The number of alkyl halides is 2. The molecule has 196 valence electrons. The normalized spacial score (nSPS) is 16.4. The lowest BCUT2D eigenvalue weighted by Gasteiger charge is -2.15. The molecular formula is C30H27F2N7. The molecule has 2 N–H and O–H groups in total. The summed E-state index contributed by atoms with van der Waals surface area (Å²) in [5, 5.41) is 10.2. The topological polar surface area (TPSA) is 86.4 Å². The number of rotatable bonds is 6. The molecule has 5 aromatic rings. The van der Waals surface area contributed by atoms with Gasteiger partial charge in [-0.25, -0.2) is 8.78 Å². The molecule has 0 amide bonds. The average molecular weight is 524 g/mol. The first-order valence-electron chi connectivity index (χ1n) is 12.7. The van der Waals surface area contributed by atoms with Gasteiger partial charge in [-0.05, 0) is 60.0 Å². The number of hydrogen-bond donors (Lipinski definition) is 2. The smallest absolute Gasteiger partial charge is 0.261 e. The van der Waals surface area contributed by atoms with Crippen molar-refractivity contribution in [1.82, 2.24) is 35.0 Å². The number of hydrogen-bond acceptors (Lipinski definition) is 5. The third-order valence-electron chi connectivity index (χ3n) is 7.06. The standard InChI is InChI=1S/C30H27F2N7/c1-19(23-13-21(15-34-16-23)17-39-12-8-30(31,32)18-39)3-4-25-20(2)28(38-37-25)27-14-24-26(36-27)7-11-35-29(24)22-5-9-33-10-6-22/h3-7,9-11,13-16,36-37H,2,8,12,17-18H2,1H3/b19-3+,25-4+. The van der Waals surface area contributed by atoms with E-state index in [0.29, 0.717) is 13.1 Å². The molecule has 0 saturated carbocycles. The van der Waals surface area contributed by atoms with E-state index in [0.717, 1.165) is 60.8 Å². The highest BCUT2D eigenvalue weighted by Gasteiger charge is 2.37. The molecule has 0 spiro atoms. The number of fused-ring (bicyclic) bond motifs is 1. The summed E-state index contributed by atoms with van der Waals surface area (Å²) in [7, 11) is 0. The van der Waals surface area contributed by atoms with E-state index >= 15 is 0 Å². The zero-order chi connectivity index (χ0) is 27.0. The number of aromatic amines is 2. The monoisotopic (exact) mass is 523 g/mol. The van der Waals surface area contributed by atoms with Gasteiger partial charge in [0.05, 0.1) is 23.3 Å². The quantitative estimate of drug-likeness (QED) is 0.341. The number of likely N-dealkylation sites (tertiary alicyclic amines) is 1. The fourth-order valence-corrected chi connectivity index (χ4v) is 4.95. The minimum Gasteiger partial charge on any atom is -0.353 e. The van der Waals surface area contributed by atoms with Crippen LogP contribution in [0.15, 0.2) is 67.4 Å². The molecular weight excluding hydrogens is 496 g/mol. The summed E-state index contributed by atoms with van der Waals surface area (Å²) < 4.78 is 27.1. The van der Waals surface area contributed by atoms with Gasteiger partial charge in [-0.15, -0.1) is 0 Å². The van der Waals surface area contributed by atoms with Gasteiger partial charge in [-0.1, -0.05) is 12.7 Å². The third kappa shape index (κ3) is 5.13. The number of aromatic nitrogens is 6. The maximum Gasteiger partial charge on any atom is 0.261 e. The molecule has 0 bridgehead atoms. The van der Waals surface area contributed by atoms with Crippen LogP contribution in [0.1, 0.15) is 24.5 Å². The van der Waals surface area contributed by atoms with Crippen molar-refractivity contribution in [3.05, 3.63) is 89.1 Å². The molecule has 6 heterocycles. The Morgan fingerprint density at radius 1 is 1.10 bits per heavy atom. The van der Waals surface area contributed by atoms with Crippen LogP contribution in [0.4, 0.5) is 8.78 Å². The van der Waals surface area contributed by atoms with E-state index in [2.05, 4.69) is 36.7 Å². The molecule has 1 saturated heterocycles. The molecule has 1 aliphatic heterocycles. The molecule has 39 heavy (non-hydrogen) atoms. The Bertz CT molecular complexity index is 1790. The van der Waals surface area contributed by atoms with Crippen LogP contribution >= 0.6 is 0 Å². The first-order valence-corrected chi connectivity index (χ1v) is 12.7. The van der Waals surface area contributed by atoms with Crippen molar-refractivity contribution in [2.45, 2.75) is 25.8 Å². The Balaban J connectivity index is 1.26. The van der Waals surface area contributed by atoms with Gasteiger partial charge in [0.25, 0.3) is 5.92 Å². The molecule has 0 aliphatic carbocycles. The summed E-state index contributed by atoms with van der Waals surface area (Å²) >= 11 is 0. The lowest BCUT2D eigenvalue weighted by molar-refractivity contribution is 0.0115. The van der Waals surface area contributed by atoms with Gasteiger partial charge >= 0.3 is 0 Å². The summed E-state index contributed by atoms with van der Waals surface area (Å²) in [4.78, 5) is 18.2. The SMILES string of the molecule is C=c1c(-c2cc3c(-c4ccncc4)nccc3[nH]2)n[nH]/c1=C/C=C(\C)c1cncc(CN2CCC(F)(F)C2)c1. The van der Waals surface area contributed by atoms with Crippen molar-refractivity contribution >= 4 is 29.1 Å². The fraction of sp³-hybridized carbons (Fsp3) is 0.200. The van der Waals surface area contributed by atoms with Crippen molar-refractivity contribution < 1.29 is 8.78 Å². The summed E-state index contributed by atoms with van der Waals surface area (Å²) in [6.45, 7) is 6.91. The lowest BCUT2D eigenvalue weighted by Crippen LogP contribution is -2.24. The summed E-state index contributed by atoms with van der Waals surface area (Å²) in [6.07, 6.45) is 12.6. The van der Waals surface area contributed by atoms with Crippen LogP contribution in [-0.2, 0) is 6.54 Å². The van der Waals surface area contributed by atoms with Crippen LogP contribution in [-0.4, -0.2) is 54.0 Å². The molecule has 7 nitrogen and oxygen atoms in total. The Hall–Kier alpha value is -4.50. The van der Waals surface area contributed by atoms with Gasteiger partial charge in [0.15, 0.2) is 0 Å². The minimum absolute atomic E-state index is 0.0884. The van der Waals surface area contributed by atoms with Crippen LogP contribution < -0.4 is 10.6 Å². The van der Waals surface area contributed by atoms with Gasteiger partial charge in [-0.2, -0.15) is 5.10 Å². The maximum atomic E-state index is 13.6. The Labute approximate surface area is 223 Å². The molecule has 1 fully saturated rings. The van der Waals surface area contributed by atoms with E-state index in [1.807, 2.05) is 49.4 Å². The van der Waals surface area contributed by atoms with Gasteiger partial charge in [0.1, 0.15) is 5.69 Å². The number of allylic oxidation sites excluding steroid dienone is 2. The van der Waals surface area contributed by atoms with E-state index in [-0.39, 0.29) is 13.0 Å². The summed E-state index contributed by atoms with van der Waals surface area (Å²) in [5.41, 5.74) is 7.24. The van der Waals surface area contributed by atoms with Crippen LogP contribution in [0.5, 0.6) is 0 Å². The van der Waals surface area contributed by atoms with Crippen molar-refractivity contribution in [2.24, 2.45) is 0 Å². The van der Waals surface area contributed by atoms with E-state index < -0.39 is 5.92 Å². The summed E-state index contributed by atoms with van der Waals surface area (Å²) in [6, 6.07) is 9.86. The zero-order valence-corrected chi connectivity index (χ0v) is 21.5. The average Bonchev–Trinajstić information content (AvgIpc) is 3.63. The second-order valence-electron chi connectivity index (χ2n) is 9.92. The first-order chi connectivity index (χ1) is 18.9. The van der Waals surface area contributed by atoms with Crippen LogP contribution in [0.2, 0.25) is 0 Å². The minimum atomic E-state index is -2.60. The number of nitrogens with zero attached hydrogens (tertiary/aromatic N) is 5. The highest BCUT2D eigenvalue weighted by molar-refractivity contribution is 5.95. The van der Waals surface area contributed by atoms with Gasteiger partial charge in [0.2, 0.25) is 0 Å². The number of H-pyrrole nitrogens is 2. The van der Waals surface area contributed by atoms with Crippen molar-refractivity contribution in [1.29, 1.82) is 0 Å². The second-order valence-corrected chi connectivity index (χ2v) is 9.92. The zero-order valence-electron chi connectivity index (χ0n) is 21.5. The van der Waals surface area contributed by atoms with Crippen LogP contribution in [0.25, 0.3) is 51.8 Å².